The number of nitrogens with zero attached hydrogens (tertiary/aromatic N) is 3. The fraction of sp³-hybridized carbons (Fsp3) is 0.0625. The molecule has 22 heavy (non-hydrogen) atoms. The Labute approximate surface area is 131 Å². The normalized spacial score (nSPS) is 10.9. The number of para-hydroxylation sites is 2. The number of hydrogen-bond acceptors (Lipinski definition) is 5. The lowest BCUT2D eigenvalue weighted by molar-refractivity contribution is 1.00. The van der Waals surface area contributed by atoms with Crippen LogP contribution in [0.3, 0.4) is 0 Å². The Morgan fingerprint density at radius 3 is 2.64 bits per heavy atom. The lowest BCUT2D eigenvalue weighted by atomic mass is 10.2. The molecule has 108 valence electrons. The Kier molecular flexibility index (Phi) is 3.29. The molecule has 4 aromatic rings. The van der Waals surface area contributed by atoms with Crippen molar-refractivity contribution in [2.75, 3.05) is 5.32 Å². The zero-order valence-electron chi connectivity index (χ0n) is 11.7. The summed E-state index contributed by atoms with van der Waals surface area (Å²) in [6.07, 6.45) is 0.792. The average molecular weight is 307 g/mol. The Hall–Kier alpha value is -2.73. The van der Waals surface area contributed by atoms with Crippen molar-refractivity contribution in [3.63, 3.8) is 0 Å². The highest BCUT2D eigenvalue weighted by molar-refractivity contribution is 7.15. The van der Waals surface area contributed by atoms with Gasteiger partial charge < -0.3 is 10.3 Å². The summed E-state index contributed by atoms with van der Waals surface area (Å²) < 4.78 is 0. The molecule has 0 aliphatic carbocycles. The van der Waals surface area contributed by atoms with E-state index in [0.717, 1.165) is 27.6 Å². The topological polar surface area (TPSA) is 66.5 Å². The molecule has 0 bridgehead atoms. The van der Waals surface area contributed by atoms with Crippen LogP contribution in [0.1, 0.15) is 10.6 Å². The summed E-state index contributed by atoms with van der Waals surface area (Å²) in [5, 5.41) is 13.3. The van der Waals surface area contributed by atoms with Crippen LogP contribution in [-0.2, 0) is 6.42 Å². The van der Waals surface area contributed by atoms with Crippen LogP contribution in [-0.4, -0.2) is 20.2 Å². The highest BCUT2D eigenvalue weighted by atomic mass is 32.1. The molecule has 5 nitrogen and oxygen atoms in total. The lowest BCUT2D eigenvalue weighted by Gasteiger charge is -1.95. The smallest absolute Gasteiger partial charge is 0.212 e. The molecular weight excluding hydrogens is 294 g/mol. The molecule has 0 aliphatic heterocycles. The molecule has 2 heterocycles. The summed E-state index contributed by atoms with van der Waals surface area (Å²) in [4.78, 5) is 7.69. The number of aromatic amines is 1. The van der Waals surface area contributed by atoms with Gasteiger partial charge in [0.15, 0.2) is 0 Å². The Balaban J connectivity index is 1.51. The van der Waals surface area contributed by atoms with Crippen LogP contribution in [0.5, 0.6) is 0 Å². The van der Waals surface area contributed by atoms with Crippen LogP contribution in [0.15, 0.2) is 54.6 Å². The Morgan fingerprint density at radius 2 is 1.77 bits per heavy atom. The van der Waals surface area contributed by atoms with Gasteiger partial charge in [-0.25, -0.2) is 4.98 Å². The van der Waals surface area contributed by atoms with Gasteiger partial charge in [-0.15, -0.1) is 10.2 Å². The van der Waals surface area contributed by atoms with Crippen LogP contribution >= 0.6 is 11.3 Å². The second-order valence-corrected chi connectivity index (χ2v) is 5.95. The number of H-pyrrole nitrogens is 1. The summed E-state index contributed by atoms with van der Waals surface area (Å²) in [5.74, 6) is 0.684. The van der Waals surface area contributed by atoms with Gasteiger partial charge in [-0.1, -0.05) is 53.8 Å². The summed E-state index contributed by atoms with van der Waals surface area (Å²) in [6, 6.07) is 18.2. The number of rotatable bonds is 4. The minimum atomic E-state index is 0.684. The first-order valence-electron chi connectivity index (χ1n) is 6.95. The summed E-state index contributed by atoms with van der Waals surface area (Å²) in [7, 11) is 0. The number of nitrogens with one attached hydrogen (secondary N) is 2. The van der Waals surface area contributed by atoms with Crippen molar-refractivity contribution in [1.29, 1.82) is 0 Å². The van der Waals surface area contributed by atoms with Gasteiger partial charge in [-0.05, 0) is 17.7 Å². The van der Waals surface area contributed by atoms with E-state index in [2.05, 4.69) is 37.6 Å². The third-order valence-electron chi connectivity index (χ3n) is 3.28. The molecule has 6 heteroatoms. The van der Waals surface area contributed by atoms with Crippen LogP contribution in [0.2, 0.25) is 0 Å². The third-order valence-corrected chi connectivity index (χ3v) is 4.12. The zero-order valence-corrected chi connectivity index (χ0v) is 12.5. The molecule has 2 N–H and O–H groups in total. The van der Waals surface area contributed by atoms with Gasteiger partial charge in [0.05, 0.1) is 11.0 Å². The number of fused-ring (bicyclic) bond motifs is 1. The summed E-state index contributed by atoms with van der Waals surface area (Å²) in [6.45, 7) is 0. The molecule has 0 spiro atoms. The number of benzene rings is 2. The third kappa shape index (κ3) is 2.68. The SMILES string of the molecule is c1ccc(Cc2nnc(Nc3nc4ccccc4[nH]3)s2)cc1. The number of hydrogen-bond donors (Lipinski definition) is 2. The van der Waals surface area contributed by atoms with Crippen molar-refractivity contribution in [3.05, 3.63) is 65.2 Å². The molecule has 0 saturated carbocycles. The largest absolute Gasteiger partial charge is 0.324 e. The van der Waals surface area contributed by atoms with Crippen molar-refractivity contribution in [2.45, 2.75) is 6.42 Å². The van der Waals surface area contributed by atoms with Gasteiger partial charge >= 0.3 is 0 Å². The van der Waals surface area contributed by atoms with E-state index >= 15 is 0 Å². The van der Waals surface area contributed by atoms with Crippen molar-refractivity contribution in [2.24, 2.45) is 0 Å². The minimum Gasteiger partial charge on any atom is -0.324 e. The van der Waals surface area contributed by atoms with E-state index in [1.165, 1.54) is 16.9 Å². The molecule has 0 unspecified atom stereocenters. The zero-order chi connectivity index (χ0) is 14.8. The molecule has 0 fully saturated rings. The van der Waals surface area contributed by atoms with Gasteiger partial charge in [0.2, 0.25) is 11.1 Å². The molecule has 0 amide bonds. The monoisotopic (exact) mass is 307 g/mol. The summed E-state index contributed by atoms with van der Waals surface area (Å²) >= 11 is 1.54. The fourth-order valence-corrected chi connectivity index (χ4v) is 3.03. The van der Waals surface area contributed by atoms with Gasteiger partial charge in [0.1, 0.15) is 5.01 Å². The van der Waals surface area contributed by atoms with E-state index in [1.54, 1.807) is 0 Å². The second-order valence-electron chi connectivity index (χ2n) is 4.89. The average Bonchev–Trinajstić information content (AvgIpc) is 3.14. The van der Waals surface area contributed by atoms with E-state index in [1.807, 2.05) is 42.5 Å². The Bertz CT molecular complexity index is 864. The van der Waals surface area contributed by atoms with Crippen molar-refractivity contribution in [1.82, 2.24) is 20.2 Å². The highest BCUT2D eigenvalue weighted by Gasteiger charge is 2.08. The fourth-order valence-electron chi connectivity index (χ4n) is 2.26. The van der Waals surface area contributed by atoms with Crippen molar-refractivity contribution < 1.29 is 0 Å². The quantitative estimate of drug-likeness (QED) is 0.602. The predicted molar refractivity (Wildman–Crippen MR) is 88.5 cm³/mol. The van der Waals surface area contributed by atoms with Crippen molar-refractivity contribution >= 4 is 33.5 Å². The van der Waals surface area contributed by atoms with Crippen LogP contribution in [0, 0.1) is 0 Å². The highest BCUT2D eigenvalue weighted by Crippen LogP contribution is 2.22. The molecule has 0 saturated heterocycles. The van der Waals surface area contributed by atoms with E-state index in [4.69, 9.17) is 0 Å². The number of imidazole rings is 1. The van der Waals surface area contributed by atoms with Crippen LogP contribution < -0.4 is 5.32 Å². The molecular formula is C16H13N5S. The minimum absolute atomic E-state index is 0.684. The first kappa shape index (κ1) is 13.0. The maximum Gasteiger partial charge on any atom is 0.212 e. The first-order valence-corrected chi connectivity index (χ1v) is 7.76. The van der Waals surface area contributed by atoms with Gasteiger partial charge in [-0.3, -0.25) is 0 Å². The van der Waals surface area contributed by atoms with E-state index < -0.39 is 0 Å². The Morgan fingerprint density at radius 1 is 0.955 bits per heavy atom. The second kappa shape index (κ2) is 5.57. The lowest BCUT2D eigenvalue weighted by Crippen LogP contribution is -1.90. The molecule has 2 aromatic heterocycles. The van der Waals surface area contributed by atoms with Gasteiger partial charge in [-0.2, -0.15) is 0 Å². The maximum absolute atomic E-state index is 4.47. The molecule has 4 rings (SSSR count). The molecule has 0 radical (unpaired) electrons. The van der Waals surface area contributed by atoms with Gasteiger partial charge in [0, 0.05) is 6.42 Å². The predicted octanol–water partition coefficient (Wildman–Crippen LogP) is 3.75. The summed E-state index contributed by atoms with van der Waals surface area (Å²) in [5.41, 5.74) is 3.16. The van der Waals surface area contributed by atoms with Gasteiger partial charge in [0.25, 0.3) is 0 Å². The van der Waals surface area contributed by atoms with E-state index in [0.29, 0.717) is 5.95 Å². The van der Waals surface area contributed by atoms with Crippen LogP contribution in [0.4, 0.5) is 11.1 Å². The van der Waals surface area contributed by atoms with E-state index in [9.17, 15) is 0 Å². The first-order chi connectivity index (χ1) is 10.9. The standard InChI is InChI=1S/C16H13N5S/c1-2-6-11(7-3-1)10-14-20-21-16(22-14)19-15-17-12-8-4-5-9-13(12)18-15/h1-9H,10H2,(H2,17,18,19,21). The molecule has 0 atom stereocenters. The van der Waals surface area contributed by atoms with E-state index in [-0.39, 0.29) is 0 Å². The maximum atomic E-state index is 4.47. The van der Waals surface area contributed by atoms with Crippen molar-refractivity contribution in [3.8, 4) is 0 Å². The van der Waals surface area contributed by atoms with Crippen LogP contribution in [0.25, 0.3) is 11.0 Å². The number of anilines is 2. The molecule has 2 aromatic carbocycles. The molecule has 0 aliphatic rings. The number of aromatic nitrogens is 4.